The fraction of sp³-hybridized carbons (Fsp3) is 0.619. The van der Waals surface area contributed by atoms with Crippen LogP contribution in [0, 0.1) is 17.8 Å². The van der Waals surface area contributed by atoms with E-state index >= 15 is 0 Å². The highest BCUT2D eigenvalue weighted by atomic mass is 32.2. The third-order valence-corrected chi connectivity index (χ3v) is 8.53. The van der Waals surface area contributed by atoms with Crippen LogP contribution in [-0.2, 0) is 15.0 Å². The number of pyridine rings is 1. The van der Waals surface area contributed by atoms with Gasteiger partial charge in [0.2, 0.25) is 0 Å². The summed E-state index contributed by atoms with van der Waals surface area (Å²) in [5, 5.41) is 0. The third kappa shape index (κ3) is 3.40. The van der Waals surface area contributed by atoms with Gasteiger partial charge in [0.15, 0.2) is 5.82 Å². The lowest BCUT2D eigenvalue weighted by atomic mass is 9.84. The summed E-state index contributed by atoms with van der Waals surface area (Å²) in [6.07, 6.45) is 7.09. The van der Waals surface area contributed by atoms with E-state index < -0.39 is 22.0 Å². The van der Waals surface area contributed by atoms with Crippen LogP contribution in [0.5, 0.6) is 0 Å². The normalized spacial score (nSPS) is 28.8. The van der Waals surface area contributed by atoms with Crippen molar-refractivity contribution in [3.05, 3.63) is 23.9 Å². The van der Waals surface area contributed by atoms with E-state index in [1.165, 1.54) is 7.05 Å². The third-order valence-electron chi connectivity index (χ3n) is 6.76. The first-order chi connectivity index (χ1) is 14.2. The Morgan fingerprint density at radius 2 is 2.00 bits per heavy atom. The number of carbonyl (C=O) groups excluding carboxylic acids is 1. The average Bonchev–Trinajstić information content (AvgIpc) is 3.62. The van der Waals surface area contributed by atoms with Gasteiger partial charge in [-0.2, -0.15) is 8.42 Å². The van der Waals surface area contributed by atoms with Crippen LogP contribution in [0.15, 0.2) is 18.2 Å². The van der Waals surface area contributed by atoms with Gasteiger partial charge >= 0.3 is 10.2 Å². The van der Waals surface area contributed by atoms with Crippen LogP contribution in [0.1, 0.15) is 50.6 Å². The van der Waals surface area contributed by atoms with Crippen molar-refractivity contribution in [3.63, 3.8) is 0 Å². The number of fused-ring (bicyclic) bond motifs is 1. The van der Waals surface area contributed by atoms with Crippen LogP contribution in [0.4, 0.5) is 20.3 Å². The van der Waals surface area contributed by atoms with Crippen molar-refractivity contribution in [2.75, 3.05) is 22.2 Å². The number of anilines is 2. The molecule has 6 nitrogen and oxygen atoms in total. The zero-order valence-corrected chi connectivity index (χ0v) is 17.7. The van der Waals surface area contributed by atoms with Crippen LogP contribution < -0.4 is 8.61 Å². The molecule has 2 heterocycles. The minimum Gasteiger partial charge on any atom is -0.299 e. The molecule has 5 rings (SSSR count). The van der Waals surface area contributed by atoms with E-state index in [2.05, 4.69) is 11.1 Å². The standard InChI is InChI=1S/C21H25F2N3O3S/c1-25-20-18(26(30(25,28)29)12-16-11-21(16,22)23)9-8-17(24-20)14-4-2-13(3-5-14)10-19(27)15-6-7-15/h4,8-9,13,15-16H,2-3,5-7,10-12H2,1H3. The van der Waals surface area contributed by atoms with E-state index in [4.69, 9.17) is 0 Å². The molecule has 0 N–H and O–H groups in total. The molecule has 1 aromatic heterocycles. The fourth-order valence-electron chi connectivity index (χ4n) is 4.45. The van der Waals surface area contributed by atoms with Gasteiger partial charge in [0.25, 0.3) is 5.92 Å². The van der Waals surface area contributed by atoms with E-state index in [1.807, 2.05) is 0 Å². The SMILES string of the molecule is CN1c2nc(C3=CCC(CC(=O)C4CC4)CC3)ccc2N(CC2CC2(F)F)S1(=O)=O. The van der Waals surface area contributed by atoms with Gasteiger partial charge in [-0.1, -0.05) is 6.08 Å². The van der Waals surface area contributed by atoms with Crippen molar-refractivity contribution in [1.29, 1.82) is 0 Å². The van der Waals surface area contributed by atoms with E-state index in [1.54, 1.807) is 12.1 Å². The van der Waals surface area contributed by atoms with Gasteiger partial charge in [-0.05, 0) is 55.7 Å². The number of hydrogen-bond donors (Lipinski definition) is 0. The monoisotopic (exact) mass is 437 g/mol. The molecule has 30 heavy (non-hydrogen) atoms. The van der Waals surface area contributed by atoms with Gasteiger partial charge in [0, 0.05) is 38.3 Å². The molecule has 2 atom stereocenters. The van der Waals surface area contributed by atoms with Gasteiger partial charge in [-0.3, -0.25) is 4.79 Å². The molecular formula is C21H25F2N3O3S. The molecule has 2 unspecified atom stereocenters. The summed E-state index contributed by atoms with van der Waals surface area (Å²) in [5.74, 6) is -2.39. The van der Waals surface area contributed by atoms with Gasteiger partial charge in [0.1, 0.15) is 5.78 Å². The highest BCUT2D eigenvalue weighted by Crippen LogP contribution is 2.51. The Labute approximate surface area is 175 Å². The molecule has 3 aliphatic carbocycles. The highest BCUT2D eigenvalue weighted by Gasteiger charge is 2.59. The van der Waals surface area contributed by atoms with Crippen molar-refractivity contribution in [2.24, 2.45) is 17.8 Å². The molecule has 1 aromatic rings. The topological polar surface area (TPSA) is 70.6 Å². The second kappa shape index (κ2) is 6.73. The molecule has 0 amide bonds. The Morgan fingerprint density at radius 1 is 1.27 bits per heavy atom. The lowest BCUT2D eigenvalue weighted by molar-refractivity contribution is -0.121. The summed E-state index contributed by atoms with van der Waals surface area (Å²) in [7, 11) is -2.48. The fourth-order valence-corrected chi connectivity index (χ4v) is 5.86. The number of allylic oxidation sites excluding steroid dienone is 2. The zero-order chi connectivity index (χ0) is 21.3. The molecule has 1 aliphatic heterocycles. The molecule has 162 valence electrons. The number of hydrogen-bond acceptors (Lipinski definition) is 4. The molecule has 0 spiro atoms. The van der Waals surface area contributed by atoms with Gasteiger partial charge in [-0.25, -0.2) is 22.4 Å². The number of carbonyl (C=O) groups is 1. The summed E-state index contributed by atoms with van der Waals surface area (Å²) in [5.41, 5.74) is 2.11. The van der Waals surface area contributed by atoms with E-state index in [-0.39, 0.29) is 18.8 Å². The van der Waals surface area contributed by atoms with Crippen LogP contribution >= 0.6 is 0 Å². The summed E-state index contributed by atoms with van der Waals surface area (Å²) < 4.78 is 54.3. The second-order valence-electron chi connectivity index (χ2n) is 9.02. The average molecular weight is 438 g/mol. The van der Waals surface area contributed by atoms with Crippen LogP contribution in [-0.4, -0.2) is 38.7 Å². The number of Topliss-reactive ketones (excluding diaryl/α,β-unsaturated/α-hetero) is 1. The predicted octanol–water partition coefficient (Wildman–Crippen LogP) is 3.79. The smallest absolute Gasteiger partial charge is 0.299 e. The van der Waals surface area contributed by atoms with Gasteiger partial charge < -0.3 is 0 Å². The molecule has 0 aromatic carbocycles. The number of ketones is 1. The van der Waals surface area contributed by atoms with Crippen molar-refractivity contribution >= 4 is 33.1 Å². The molecule has 0 bridgehead atoms. The zero-order valence-electron chi connectivity index (χ0n) is 16.9. The Hall–Kier alpha value is -2.03. The number of halogens is 2. The quantitative estimate of drug-likeness (QED) is 0.679. The first-order valence-corrected chi connectivity index (χ1v) is 11.9. The molecule has 2 fully saturated rings. The van der Waals surface area contributed by atoms with Crippen LogP contribution in [0.2, 0.25) is 0 Å². The van der Waals surface area contributed by atoms with E-state index in [0.717, 1.165) is 46.3 Å². The van der Waals surface area contributed by atoms with Gasteiger partial charge in [0.05, 0.1) is 11.4 Å². The Kier molecular flexibility index (Phi) is 4.47. The summed E-state index contributed by atoms with van der Waals surface area (Å²) in [6.45, 7) is -0.229. The number of nitrogens with zero attached hydrogens (tertiary/aromatic N) is 3. The Bertz CT molecular complexity index is 1040. The lowest BCUT2D eigenvalue weighted by Gasteiger charge is -2.21. The van der Waals surface area contributed by atoms with Crippen molar-refractivity contribution in [1.82, 2.24) is 4.98 Å². The largest absolute Gasteiger partial charge is 0.327 e. The molecule has 0 saturated heterocycles. The minimum atomic E-state index is -3.89. The summed E-state index contributed by atoms with van der Waals surface area (Å²) in [6, 6.07) is 3.44. The minimum absolute atomic E-state index is 0.229. The van der Waals surface area contributed by atoms with Crippen LogP contribution in [0.25, 0.3) is 5.57 Å². The summed E-state index contributed by atoms with van der Waals surface area (Å²) >= 11 is 0. The first kappa shape index (κ1) is 19.9. The number of aromatic nitrogens is 1. The molecule has 4 aliphatic rings. The highest BCUT2D eigenvalue weighted by molar-refractivity contribution is 7.94. The number of alkyl halides is 2. The van der Waals surface area contributed by atoms with Crippen LogP contribution in [0.3, 0.4) is 0 Å². The summed E-state index contributed by atoms with van der Waals surface area (Å²) in [4.78, 5) is 16.6. The lowest BCUT2D eigenvalue weighted by Crippen LogP contribution is -2.37. The first-order valence-electron chi connectivity index (χ1n) is 10.5. The molecule has 2 saturated carbocycles. The predicted molar refractivity (Wildman–Crippen MR) is 110 cm³/mol. The van der Waals surface area contributed by atoms with E-state index in [9.17, 15) is 22.0 Å². The van der Waals surface area contributed by atoms with Crippen molar-refractivity contribution < 1.29 is 22.0 Å². The van der Waals surface area contributed by atoms with Crippen molar-refractivity contribution in [3.8, 4) is 0 Å². The Morgan fingerprint density at radius 3 is 2.60 bits per heavy atom. The molecule has 9 heteroatoms. The second-order valence-corrected chi connectivity index (χ2v) is 10.9. The maximum absolute atomic E-state index is 13.4. The number of rotatable bonds is 6. The maximum atomic E-state index is 13.4. The van der Waals surface area contributed by atoms with E-state index in [0.29, 0.717) is 35.4 Å². The van der Waals surface area contributed by atoms with Gasteiger partial charge in [-0.15, -0.1) is 0 Å². The molecular weight excluding hydrogens is 412 g/mol. The van der Waals surface area contributed by atoms with Crippen molar-refractivity contribution in [2.45, 2.75) is 50.9 Å². The molecule has 0 radical (unpaired) electrons. The maximum Gasteiger partial charge on any atom is 0.327 e. The Balaban J connectivity index is 1.34.